The number of carbonyl (C=O) groups is 1. The third kappa shape index (κ3) is 4.92. The van der Waals surface area contributed by atoms with E-state index in [1.54, 1.807) is 45.3 Å². The fourth-order valence-electron chi connectivity index (χ4n) is 3.46. The highest BCUT2D eigenvalue weighted by Crippen LogP contribution is 2.32. The number of benzene rings is 1. The second-order valence-electron chi connectivity index (χ2n) is 6.91. The minimum atomic E-state index is -0.359. The number of ether oxygens (including phenoxy) is 2. The summed E-state index contributed by atoms with van der Waals surface area (Å²) >= 11 is 0. The molecule has 1 aromatic rings. The topological polar surface area (TPSA) is 42.0 Å². The third-order valence-electron chi connectivity index (χ3n) is 5.02. The molecular formula is C19H29FN2O3. The zero-order valence-electron chi connectivity index (χ0n) is 15.7. The number of amides is 1. The molecule has 0 radical (unpaired) electrons. The second-order valence-corrected chi connectivity index (χ2v) is 6.91. The number of carbonyl (C=O) groups excluding carboxylic acids is 1. The number of likely N-dealkylation sites (tertiary alicyclic amines) is 1. The molecule has 1 atom stereocenters. The highest BCUT2D eigenvalue weighted by molar-refractivity contribution is 5.75. The van der Waals surface area contributed by atoms with Crippen molar-refractivity contribution in [1.82, 2.24) is 9.80 Å². The molecule has 25 heavy (non-hydrogen) atoms. The van der Waals surface area contributed by atoms with Crippen molar-refractivity contribution in [3.05, 3.63) is 29.6 Å². The maximum absolute atomic E-state index is 14.2. The molecule has 0 spiro atoms. The lowest BCUT2D eigenvalue weighted by Crippen LogP contribution is -2.49. The molecule has 1 heterocycles. The summed E-state index contributed by atoms with van der Waals surface area (Å²) in [6.45, 7) is 2.04. The van der Waals surface area contributed by atoms with Gasteiger partial charge in [0.1, 0.15) is 11.6 Å². The van der Waals surface area contributed by atoms with Gasteiger partial charge in [0.05, 0.1) is 12.7 Å². The summed E-state index contributed by atoms with van der Waals surface area (Å²) in [5.74, 6) is 0.413. The van der Waals surface area contributed by atoms with E-state index in [1.807, 2.05) is 0 Å². The van der Waals surface area contributed by atoms with Gasteiger partial charge in [-0.25, -0.2) is 4.39 Å². The average Bonchev–Trinajstić information content (AvgIpc) is 2.61. The van der Waals surface area contributed by atoms with E-state index in [1.165, 1.54) is 6.07 Å². The van der Waals surface area contributed by atoms with Crippen LogP contribution >= 0.6 is 0 Å². The summed E-state index contributed by atoms with van der Waals surface area (Å²) < 4.78 is 25.4. The summed E-state index contributed by atoms with van der Waals surface area (Å²) in [6.07, 6.45) is 3.00. The van der Waals surface area contributed by atoms with Gasteiger partial charge in [0.25, 0.3) is 0 Å². The van der Waals surface area contributed by atoms with Crippen LogP contribution in [-0.2, 0) is 16.1 Å². The first-order valence-electron chi connectivity index (χ1n) is 8.70. The zero-order chi connectivity index (χ0) is 18.4. The SMILES string of the molecule is COc1cccc(F)c1CN1CCCC(CCC(=O)N(C)C)(OC)C1. The van der Waals surface area contributed by atoms with Gasteiger partial charge in [0.15, 0.2) is 0 Å². The molecule has 1 unspecified atom stereocenters. The van der Waals surface area contributed by atoms with Crippen molar-refractivity contribution in [2.24, 2.45) is 0 Å². The monoisotopic (exact) mass is 352 g/mol. The van der Waals surface area contributed by atoms with Crippen molar-refractivity contribution >= 4 is 5.91 Å². The van der Waals surface area contributed by atoms with Crippen LogP contribution in [0.1, 0.15) is 31.2 Å². The van der Waals surface area contributed by atoms with E-state index in [0.717, 1.165) is 19.4 Å². The molecular weight excluding hydrogens is 323 g/mol. The van der Waals surface area contributed by atoms with Crippen LogP contribution in [0.4, 0.5) is 4.39 Å². The molecule has 6 heteroatoms. The van der Waals surface area contributed by atoms with Gasteiger partial charge >= 0.3 is 0 Å². The van der Waals surface area contributed by atoms with E-state index in [0.29, 0.717) is 37.2 Å². The van der Waals surface area contributed by atoms with E-state index in [9.17, 15) is 9.18 Å². The second kappa shape index (κ2) is 8.63. The molecule has 0 aromatic heterocycles. The lowest BCUT2D eigenvalue weighted by Gasteiger charge is -2.42. The Morgan fingerprint density at radius 2 is 2.12 bits per heavy atom. The molecule has 140 valence electrons. The normalized spacial score (nSPS) is 21.2. The Hall–Kier alpha value is -1.66. The Labute approximate surface area is 149 Å². The fraction of sp³-hybridized carbons (Fsp3) is 0.632. The lowest BCUT2D eigenvalue weighted by molar-refractivity contribution is -0.132. The van der Waals surface area contributed by atoms with Crippen molar-refractivity contribution in [3.8, 4) is 5.75 Å². The smallest absolute Gasteiger partial charge is 0.222 e. The first-order chi connectivity index (χ1) is 11.9. The van der Waals surface area contributed by atoms with Gasteiger partial charge < -0.3 is 14.4 Å². The summed E-state index contributed by atoms with van der Waals surface area (Å²) in [5, 5.41) is 0. The predicted octanol–water partition coefficient (Wildman–Crippen LogP) is 2.68. The molecule has 2 rings (SSSR count). The van der Waals surface area contributed by atoms with Gasteiger partial charge in [0, 0.05) is 46.3 Å². The molecule has 1 aliphatic heterocycles. The summed E-state index contributed by atoms with van der Waals surface area (Å²) in [4.78, 5) is 15.7. The number of rotatable bonds is 7. The molecule has 1 fully saturated rings. The summed E-state index contributed by atoms with van der Waals surface area (Å²) in [7, 11) is 6.78. The largest absolute Gasteiger partial charge is 0.496 e. The van der Waals surface area contributed by atoms with Gasteiger partial charge in [-0.1, -0.05) is 6.07 Å². The minimum Gasteiger partial charge on any atom is -0.496 e. The molecule has 1 aliphatic rings. The highest BCUT2D eigenvalue weighted by Gasteiger charge is 2.36. The van der Waals surface area contributed by atoms with E-state index in [4.69, 9.17) is 9.47 Å². The van der Waals surface area contributed by atoms with Gasteiger partial charge in [0.2, 0.25) is 5.91 Å². The van der Waals surface area contributed by atoms with Crippen LogP contribution in [0.3, 0.4) is 0 Å². The van der Waals surface area contributed by atoms with Crippen LogP contribution in [0.5, 0.6) is 5.75 Å². The van der Waals surface area contributed by atoms with Crippen molar-refractivity contribution in [1.29, 1.82) is 0 Å². The molecule has 1 saturated heterocycles. The van der Waals surface area contributed by atoms with Gasteiger partial charge in [-0.2, -0.15) is 0 Å². The fourth-order valence-corrected chi connectivity index (χ4v) is 3.46. The van der Waals surface area contributed by atoms with E-state index >= 15 is 0 Å². The maximum Gasteiger partial charge on any atom is 0.222 e. The minimum absolute atomic E-state index is 0.101. The summed E-state index contributed by atoms with van der Waals surface area (Å²) in [6, 6.07) is 4.89. The van der Waals surface area contributed by atoms with Crippen molar-refractivity contribution < 1.29 is 18.7 Å². The molecule has 0 bridgehead atoms. The number of halogens is 1. The van der Waals surface area contributed by atoms with Crippen molar-refractivity contribution in [3.63, 3.8) is 0 Å². The summed E-state index contributed by atoms with van der Waals surface area (Å²) in [5.41, 5.74) is 0.212. The zero-order valence-corrected chi connectivity index (χ0v) is 15.7. The van der Waals surface area contributed by atoms with E-state index < -0.39 is 0 Å². The predicted molar refractivity (Wildman–Crippen MR) is 95.1 cm³/mol. The van der Waals surface area contributed by atoms with Crippen LogP contribution in [0.15, 0.2) is 18.2 Å². The van der Waals surface area contributed by atoms with Crippen LogP contribution in [-0.4, -0.2) is 62.7 Å². The Bertz CT molecular complexity index is 594. The standard InChI is InChI=1S/C19H29FN2O3/c1-21(2)18(23)9-11-19(25-4)10-6-12-22(14-19)13-15-16(20)7-5-8-17(15)24-3/h5,7-8H,6,9-14H2,1-4H3. The van der Waals surface area contributed by atoms with Crippen molar-refractivity contribution in [2.45, 2.75) is 37.8 Å². The van der Waals surface area contributed by atoms with E-state index in [-0.39, 0.29) is 17.3 Å². The van der Waals surface area contributed by atoms with Crippen LogP contribution in [0, 0.1) is 5.82 Å². The van der Waals surface area contributed by atoms with Crippen LogP contribution in [0.25, 0.3) is 0 Å². The Balaban J connectivity index is 2.07. The van der Waals surface area contributed by atoms with Crippen LogP contribution in [0.2, 0.25) is 0 Å². The van der Waals surface area contributed by atoms with Gasteiger partial charge in [-0.3, -0.25) is 9.69 Å². The molecule has 1 aromatic carbocycles. The molecule has 0 N–H and O–H groups in total. The first-order valence-corrected chi connectivity index (χ1v) is 8.70. The molecule has 0 saturated carbocycles. The van der Waals surface area contributed by atoms with Crippen molar-refractivity contribution in [2.75, 3.05) is 41.4 Å². The number of hydrogen-bond donors (Lipinski definition) is 0. The van der Waals surface area contributed by atoms with Gasteiger partial charge in [-0.15, -0.1) is 0 Å². The third-order valence-corrected chi connectivity index (χ3v) is 5.02. The Kier molecular flexibility index (Phi) is 6.79. The molecule has 5 nitrogen and oxygen atoms in total. The lowest BCUT2D eigenvalue weighted by atomic mass is 9.87. The maximum atomic E-state index is 14.2. The van der Waals surface area contributed by atoms with Gasteiger partial charge in [-0.05, 0) is 37.9 Å². The first kappa shape index (κ1) is 19.7. The number of piperidine rings is 1. The number of hydrogen-bond acceptors (Lipinski definition) is 4. The highest BCUT2D eigenvalue weighted by atomic mass is 19.1. The number of nitrogens with zero attached hydrogens (tertiary/aromatic N) is 2. The van der Waals surface area contributed by atoms with Crippen LogP contribution < -0.4 is 4.74 Å². The van der Waals surface area contributed by atoms with E-state index in [2.05, 4.69) is 4.90 Å². The Morgan fingerprint density at radius 1 is 1.36 bits per heavy atom. The Morgan fingerprint density at radius 3 is 2.76 bits per heavy atom. The molecule has 1 amide bonds. The average molecular weight is 352 g/mol. The molecule has 0 aliphatic carbocycles. The quantitative estimate of drug-likeness (QED) is 0.757. The number of methoxy groups -OCH3 is 2.